The van der Waals surface area contributed by atoms with Gasteiger partial charge in [-0.2, -0.15) is 5.10 Å². The maximum absolute atomic E-state index is 12.3. The molecule has 1 rings (SSSR count). The van der Waals surface area contributed by atoms with Crippen molar-refractivity contribution in [2.45, 2.75) is 66.5 Å². The predicted molar refractivity (Wildman–Crippen MR) is 84.4 cm³/mol. The molecule has 1 aromatic heterocycles. The third kappa shape index (κ3) is 5.16. The van der Waals surface area contributed by atoms with E-state index in [1.165, 1.54) is 0 Å². The van der Waals surface area contributed by atoms with Gasteiger partial charge in [-0.25, -0.2) is 0 Å². The number of aliphatic hydroxyl groups is 1. The number of aromatic nitrogens is 2. The highest BCUT2D eigenvalue weighted by Gasteiger charge is 2.23. The molecule has 0 radical (unpaired) electrons. The highest BCUT2D eigenvalue weighted by atomic mass is 16.3. The van der Waals surface area contributed by atoms with Gasteiger partial charge in [-0.1, -0.05) is 20.8 Å². The highest BCUT2D eigenvalue weighted by Crippen LogP contribution is 2.21. The number of carbonyl (C=O) groups is 1. The fourth-order valence-electron chi connectivity index (χ4n) is 2.42. The summed E-state index contributed by atoms with van der Waals surface area (Å²) in [6, 6.07) is 1.53. The molecule has 0 aromatic carbocycles. The largest absolute Gasteiger partial charge is 0.394 e. The number of nitrogens with zero attached hydrogens (tertiary/aromatic N) is 2. The van der Waals surface area contributed by atoms with Gasteiger partial charge in [-0.05, 0) is 45.6 Å². The standard InChI is InChI=1S/C16H29N3O2/c1-11-8-13(18-19(11)16(5,6)7)14(21)17-12(10-20)9-15(2,3)4/h8,12,20H,9-10H2,1-7H3,(H,17,21). The average Bonchev–Trinajstić information content (AvgIpc) is 2.68. The van der Waals surface area contributed by atoms with E-state index in [-0.39, 0.29) is 29.5 Å². The van der Waals surface area contributed by atoms with Crippen LogP contribution in [0.15, 0.2) is 6.07 Å². The van der Waals surface area contributed by atoms with E-state index < -0.39 is 0 Å². The van der Waals surface area contributed by atoms with Gasteiger partial charge in [0.25, 0.3) is 5.91 Å². The van der Waals surface area contributed by atoms with Crippen molar-refractivity contribution in [3.05, 3.63) is 17.5 Å². The summed E-state index contributed by atoms with van der Waals surface area (Å²) >= 11 is 0. The summed E-state index contributed by atoms with van der Waals surface area (Å²) in [5.41, 5.74) is 1.23. The highest BCUT2D eigenvalue weighted by molar-refractivity contribution is 5.92. The van der Waals surface area contributed by atoms with Gasteiger partial charge in [0.05, 0.1) is 18.2 Å². The first-order valence-electron chi connectivity index (χ1n) is 7.43. The zero-order valence-electron chi connectivity index (χ0n) is 14.3. The van der Waals surface area contributed by atoms with Gasteiger partial charge < -0.3 is 10.4 Å². The predicted octanol–water partition coefficient (Wildman–Crippen LogP) is 2.47. The van der Waals surface area contributed by atoms with Crippen LogP contribution in [0.3, 0.4) is 0 Å². The maximum atomic E-state index is 12.3. The van der Waals surface area contributed by atoms with Crippen LogP contribution >= 0.6 is 0 Å². The minimum atomic E-state index is -0.252. The van der Waals surface area contributed by atoms with Gasteiger partial charge in [0, 0.05) is 5.69 Å². The van der Waals surface area contributed by atoms with Gasteiger partial charge in [0.15, 0.2) is 0 Å². The minimum Gasteiger partial charge on any atom is -0.394 e. The lowest BCUT2D eigenvalue weighted by Gasteiger charge is -2.25. The molecule has 0 aliphatic carbocycles. The van der Waals surface area contributed by atoms with Crippen molar-refractivity contribution in [2.24, 2.45) is 5.41 Å². The van der Waals surface area contributed by atoms with Gasteiger partial charge in [-0.15, -0.1) is 0 Å². The van der Waals surface area contributed by atoms with Crippen molar-refractivity contribution in [1.82, 2.24) is 15.1 Å². The Balaban J connectivity index is 2.85. The summed E-state index contributed by atoms with van der Waals surface area (Å²) in [5, 5.41) is 16.7. The number of aryl methyl sites for hydroxylation is 1. The molecule has 21 heavy (non-hydrogen) atoms. The zero-order valence-corrected chi connectivity index (χ0v) is 14.3. The van der Waals surface area contributed by atoms with E-state index in [0.29, 0.717) is 12.1 Å². The Bertz CT molecular complexity index is 493. The summed E-state index contributed by atoms with van der Waals surface area (Å²) < 4.78 is 1.85. The van der Waals surface area contributed by atoms with E-state index in [1.807, 2.05) is 32.4 Å². The first-order valence-corrected chi connectivity index (χ1v) is 7.43. The Morgan fingerprint density at radius 1 is 1.33 bits per heavy atom. The van der Waals surface area contributed by atoms with Crippen molar-refractivity contribution < 1.29 is 9.90 Å². The van der Waals surface area contributed by atoms with Gasteiger partial charge in [-0.3, -0.25) is 9.48 Å². The topological polar surface area (TPSA) is 67.2 Å². The summed E-state index contributed by atoms with van der Waals surface area (Å²) in [6.07, 6.45) is 0.716. The lowest BCUT2D eigenvalue weighted by molar-refractivity contribution is 0.0891. The molecule has 0 aliphatic rings. The SMILES string of the molecule is Cc1cc(C(=O)NC(CO)CC(C)(C)C)nn1C(C)(C)C. The Kier molecular flexibility index (Phi) is 5.20. The van der Waals surface area contributed by atoms with Crippen molar-refractivity contribution in [3.8, 4) is 0 Å². The third-order valence-electron chi connectivity index (χ3n) is 3.17. The van der Waals surface area contributed by atoms with Crippen LogP contribution in [0.2, 0.25) is 0 Å². The number of nitrogens with one attached hydrogen (secondary N) is 1. The Morgan fingerprint density at radius 2 is 1.90 bits per heavy atom. The molecule has 1 aromatic rings. The van der Waals surface area contributed by atoms with E-state index in [2.05, 4.69) is 31.2 Å². The van der Waals surface area contributed by atoms with Gasteiger partial charge in [0.1, 0.15) is 5.69 Å². The van der Waals surface area contributed by atoms with Crippen molar-refractivity contribution in [1.29, 1.82) is 0 Å². The quantitative estimate of drug-likeness (QED) is 0.896. The second-order valence-electron chi connectivity index (χ2n) is 7.87. The molecule has 1 amide bonds. The normalized spacial score (nSPS) is 14.1. The molecule has 120 valence electrons. The van der Waals surface area contributed by atoms with E-state index in [9.17, 15) is 9.90 Å². The first kappa shape index (κ1) is 17.7. The maximum Gasteiger partial charge on any atom is 0.272 e. The number of amides is 1. The van der Waals surface area contributed by atoms with Crippen LogP contribution < -0.4 is 5.32 Å². The monoisotopic (exact) mass is 295 g/mol. The molecule has 1 unspecified atom stereocenters. The van der Waals surface area contributed by atoms with Crippen LogP contribution in [0.1, 0.15) is 64.1 Å². The second kappa shape index (κ2) is 6.18. The number of carbonyl (C=O) groups excluding carboxylic acids is 1. The molecule has 0 spiro atoms. The summed E-state index contributed by atoms with van der Waals surface area (Å²) in [6.45, 7) is 14.3. The Hall–Kier alpha value is -1.36. The summed E-state index contributed by atoms with van der Waals surface area (Å²) in [4.78, 5) is 12.3. The number of hydrogen-bond donors (Lipinski definition) is 2. The molecule has 0 bridgehead atoms. The molecule has 0 fully saturated rings. The number of rotatable bonds is 4. The van der Waals surface area contributed by atoms with Crippen LogP contribution in [0.25, 0.3) is 0 Å². The van der Waals surface area contributed by atoms with E-state index in [1.54, 1.807) is 6.07 Å². The van der Waals surface area contributed by atoms with Crippen LogP contribution in [-0.4, -0.2) is 33.4 Å². The summed E-state index contributed by atoms with van der Waals surface area (Å²) in [5.74, 6) is -0.232. The minimum absolute atomic E-state index is 0.0430. The molecular weight excluding hydrogens is 266 g/mol. The van der Waals surface area contributed by atoms with Crippen molar-refractivity contribution in [3.63, 3.8) is 0 Å². The molecule has 0 aliphatic heterocycles. The molecule has 1 heterocycles. The summed E-state index contributed by atoms with van der Waals surface area (Å²) in [7, 11) is 0. The van der Waals surface area contributed by atoms with Gasteiger partial charge in [0.2, 0.25) is 0 Å². The molecular formula is C16H29N3O2. The van der Waals surface area contributed by atoms with Crippen LogP contribution in [0.4, 0.5) is 0 Å². The smallest absolute Gasteiger partial charge is 0.272 e. The van der Waals surface area contributed by atoms with Gasteiger partial charge >= 0.3 is 0 Å². The molecule has 0 saturated heterocycles. The first-order chi connectivity index (χ1) is 9.44. The number of hydrogen-bond acceptors (Lipinski definition) is 3. The van der Waals surface area contributed by atoms with Crippen molar-refractivity contribution in [2.75, 3.05) is 6.61 Å². The molecule has 1 atom stereocenters. The molecule has 0 saturated carbocycles. The van der Waals surface area contributed by atoms with Crippen LogP contribution in [0, 0.1) is 12.3 Å². The fraction of sp³-hybridized carbons (Fsp3) is 0.750. The second-order valence-corrected chi connectivity index (χ2v) is 7.87. The van der Waals surface area contributed by atoms with Crippen LogP contribution in [0.5, 0.6) is 0 Å². The van der Waals surface area contributed by atoms with E-state index >= 15 is 0 Å². The molecule has 5 nitrogen and oxygen atoms in total. The average molecular weight is 295 g/mol. The van der Waals surface area contributed by atoms with E-state index in [4.69, 9.17) is 0 Å². The zero-order chi connectivity index (χ0) is 16.4. The van der Waals surface area contributed by atoms with Crippen LogP contribution in [-0.2, 0) is 5.54 Å². The molecule has 2 N–H and O–H groups in total. The fourth-order valence-corrected chi connectivity index (χ4v) is 2.42. The lowest BCUT2D eigenvalue weighted by atomic mass is 9.88. The Labute approximate surface area is 127 Å². The van der Waals surface area contributed by atoms with Crippen molar-refractivity contribution >= 4 is 5.91 Å². The number of aliphatic hydroxyl groups excluding tert-OH is 1. The van der Waals surface area contributed by atoms with E-state index in [0.717, 1.165) is 5.69 Å². The lowest BCUT2D eigenvalue weighted by Crippen LogP contribution is -2.40. The molecule has 5 heteroatoms. The third-order valence-corrected chi connectivity index (χ3v) is 3.17. The Morgan fingerprint density at radius 3 is 2.29 bits per heavy atom.